The predicted octanol–water partition coefficient (Wildman–Crippen LogP) is 2.28. The number of ketones is 1. The van der Waals surface area contributed by atoms with E-state index in [0.717, 1.165) is 17.0 Å². The molecule has 10 heteroatoms. The number of rotatable bonds is 9. The molecule has 4 rings (SSSR count). The molecule has 10 nitrogen and oxygen atoms in total. The topological polar surface area (TPSA) is 104 Å². The molecule has 0 fully saturated rings. The Bertz CT molecular complexity index is 1340. The molecule has 3 aromatic heterocycles. The zero-order valence-electron chi connectivity index (χ0n) is 19.6. The van der Waals surface area contributed by atoms with Gasteiger partial charge in [0.1, 0.15) is 11.4 Å². The average molecular weight is 463 g/mol. The zero-order chi connectivity index (χ0) is 24.2. The summed E-state index contributed by atoms with van der Waals surface area (Å²) in [5, 5.41) is 4.13. The summed E-state index contributed by atoms with van der Waals surface area (Å²) < 4.78 is 13.5. The third-order valence-corrected chi connectivity index (χ3v) is 5.50. The standard InChI is InChI=1S/C24H26N6O4/c1-28(10-11-33-3)23(32)19-14-25-29(2)22(19)21(31)13-17-8-9-30-15-20(27-24(30)26-17)16-6-5-7-18(12-16)34-4/h5-9,12,14-15H,10-11,13H2,1-4H3. The summed E-state index contributed by atoms with van der Waals surface area (Å²) in [4.78, 5) is 36.6. The van der Waals surface area contributed by atoms with E-state index in [2.05, 4.69) is 15.1 Å². The summed E-state index contributed by atoms with van der Waals surface area (Å²) >= 11 is 0. The fourth-order valence-corrected chi connectivity index (χ4v) is 3.64. The molecule has 0 unspecified atom stereocenters. The lowest BCUT2D eigenvalue weighted by molar-refractivity contribution is 0.0739. The number of methoxy groups -OCH3 is 2. The van der Waals surface area contributed by atoms with E-state index in [1.807, 2.05) is 36.7 Å². The van der Waals surface area contributed by atoms with Crippen molar-refractivity contribution in [1.29, 1.82) is 0 Å². The second-order valence-electron chi connectivity index (χ2n) is 7.83. The third-order valence-electron chi connectivity index (χ3n) is 5.50. The van der Waals surface area contributed by atoms with Crippen molar-refractivity contribution in [3.63, 3.8) is 0 Å². The molecule has 1 amide bonds. The van der Waals surface area contributed by atoms with E-state index in [0.29, 0.717) is 24.6 Å². The fraction of sp³-hybridized carbons (Fsp3) is 0.292. The second kappa shape index (κ2) is 9.84. The summed E-state index contributed by atoms with van der Waals surface area (Å²) in [6.07, 6.45) is 5.12. The number of aryl methyl sites for hydroxylation is 1. The monoisotopic (exact) mass is 462 g/mol. The molecule has 0 aliphatic rings. The molecule has 0 bridgehead atoms. The summed E-state index contributed by atoms with van der Waals surface area (Å²) in [5.74, 6) is 0.680. The first-order chi connectivity index (χ1) is 16.4. The van der Waals surface area contributed by atoms with E-state index in [-0.39, 0.29) is 29.4 Å². The maximum Gasteiger partial charge on any atom is 0.257 e. The number of Topliss-reactive ketones (excluding diaryl/α,β-unsaturated/α-hetero) is 1. The summed E-state index contributed by atoms with van der Waals surface area (Å²) in [7, 11) is 6.49. The van der Waals surface area contributed by atoms with E-state index >= 15 is 0 Å². The number of carbonyl (C=O) groups is 2. The average Bonchev–Trinajstić information content (AvgIpc) is 3.45. The lowest BCUT2D eigenvalue weighted by atomic mass is 10.1. The zero-order valence-corrected chi connectivity index (χ0v) is 19.6. The smallest absolute Gasteiger partial charge is 0.257 e. The Morgan fingerprint density at radius 1 is 1.15 bits per heavy atom. The Labute approximate surface area is 196 Å². The van der Waals surface area contributed by atoms with E-state index in [1.165, 1.54) is 15.8 Å². The Balaban J connectivity index is 1.57. The third kappa shape index (κ3) is 4.67. The lowest BCUT2D eigenvalue weighted by Crippen LogP contribution is -2.31. The van der Waals surface area contributed by atoms with Crippen LogP contribution in [0.15, 0.2) is 48.9 Å². The van der Waals surface area contributed by atoms with E-state index < -0.39 is 0 Å². The molecule has 4 aromatic rings. The minimum atomic E-state index is -0.284. The number of imidazole rings is 1. The van der Waals surface area contributed by atoms with Gasteiger partial charge in [-0.1, -0.05) is 12.1 Å². The molecule has 3 heterocycles. The van der Waals surface area contributed by atoms with Crippen LogP contribution >= 0.6 is 0 Å². The lowest BCUT2D eigenvalue weighted by Gasteiger charge is -2.16. The van der Waals surface area contributed by atoms with Gasteiger partial charge in [-0.15, -0.1) is 0 Å². The number of hydrogen-bond acceptors (Lipinski definition) is 7. The van der Waals surface area contributed by atoms with Crippen molar-refractivity contribution in [1.82, 2.24) is 29.0 Å². The Morgan fingerprint density at radius 2 is 1.97 bits per heavy atom. The van der Waals surface area contributed by atoms with Crippen molar-refractivity contribution in [3.05, 3.63) is 65.9 Å². The number of fused-ring (bicyclic) bond motifs is 1. The van der Waals surface area contributed by atoms with Crippen LogP contribution in [0, 0.1) is 0 Å². The van der Waals surface area contributed by atoms with Crippen molar-refractivity contribution in [2.75, 3.05) is 34.4 Å². The Hall–Kier alpha value is -4.05. The van der Waals surface area contributed by atoms with Crippen molar-refractivity contribution < 1.29 is 19.1 Å². The molecule has 0 atom stereocenters. The van der Waals surface area contributed by atoms with Gasteiger partial charge >= 0.3 is 0 Å². The molecule has 34 heavy (non-hydrogen) atoms. The number of benzene rings is 1. The molecule has 176 valence electrons. The van der Waals surface area contributed by atoms with Gasteiger partial charge in [-0.05, 0) is 18.2 Å². The number of ether oxygens (including phenoxy) is 2. The molecule has 0 aliphatic heterocycles. The van der Waals surface area contributed by atoms with E-state index in [1.54, 1.807) is 38.8 Å². The highest BCUT2D eigenvalue weighted by Gasteiger charge is 2.24. The first-order valence-corrected chi connectivity index (χ1v) is 10.7. The maximum atomic E-state index is 13.2. The van der Waals surface area contributed by atoms with Crippen LogP contribution < -0.4 is 4.74 Å². The van der Waals surface area contributed by atoms with Crippen LogP contribution in [0.2, 0.25) is 0 Å². The Morgan fingerprint density at radius 3 is 2.74 bits per heavy atom. The second-order valence-corrected chi connectivity index (χ2v) is 7.83. The van der Waals surface area contributed by atoms with Gasteiger partial charge in [0, 0.05) is 45.7 Å². The van der Waals surface area contributed by atoms with Crippen molar-refractivity contribution >= 4 is 17.5 Å². The van der Waals surface area contributed by atoms with Gasteiger partial charge in [-0.3, -0.25) is 18.7 Å². The molecule has 0 N–H and O–H groups in total. The molecular weight excluding hydrogens is 436 g/mol. The number of carbonyl (C=O) groups excluding carboxylic acids is 2. The first-order valence-electron chi connectivity index (χ1n) is 10.7. The summed E-state index contributed by atoms with van der Waals surface area (Å²) in [6, 6.07) is 9.38. The van der Waals surface area contributed by atoms with Crippen LogP contribution in [0.3, 0.4) is 0 Å². The molecule has 0 saturated carbocycles. The highest BCUT2D eigenvalue weighted by Crippen LogP contribution is 2.23. The number of aromatic nitrogens is 5. The van der Waals surface area contributed by atoms with E-state index in [4.69, 9.17) is 9.47 Å². The molecule has 0 saturated heterocycles. The quantitative estimate of drug-likeness (QED) is 0.352. The van der Waals surface area contributed by atoms with Gasteiger partial charge in [-0.25, -0.2) is 9.97 Å². The van der Waals surface area contributed by atoms with Gasteiger partial charge in [0.2, 0.25) is 5.78 Å². The van der Waals surface area contributed by atoms with E-state index in [9.17, 15) is 9.59 Å². The van der Waals surface area contributed by atoms with Crippen LogP contribution in [0.25, 0.3) is 17.0 Å². The van der Waals surface area contributed by atoms with Gasteiger partial charge in [-0.2, -0.15) is 5.10 Å². The van der Waals surface area contributed by atoms with Crippen LogP contribution in [0.5, 0.6) is 5.75 Å². The van der Waals surface area contributed by atoms with Crippen LogP contribution in [0.4, 0.5) is 0 Å². The van der Waals surface area contributed by atoms with Crippen molar-refractivity contribution in [3.8, 4) is 17.0 Å². The molecule has 1 aromatic carbocycles. The predicted molar refractivity (Wildman–Crippen MR) is 125 cm³/mol. The van der Waals surface area contributed by atoms with Gasteiger partial charge in [0.25, 0.3) is 5.91 Å². The Kier molecular flexibility index (Phi) is 6.69. The fourth-order valence-electron chi connectivity index (χ4n) is 3.64. The number of nitrogens with zero attached hydrogens (tertiary/aromatic N) is 6. The van der Waals surface area contributed by atoms with Crippen molar-refractivity contribution in [2.45, 2.75) is 6.42 Å². The molecule has 0 aliphatic carbocycles. The number of amides is 1. The van der Waals surface area contributed by atoms with Crippen molar-refractivity contribution in [2.24, 2.45) is 7.05 Å². The maximum absolute atomic E-state index is 13.2. The largest absolute Gasteiger partial charge is 0.497 e. The van der Waals surface area contributed by atoms with Gasteiger partial charge in [0.05, 0.1) is 43.3 Å². The highest BCUT2D eigenvalue weighted by atomic mass is 16.5. The summed E-state index contributed by atoms with van der Waals surface area (Å²) in [6.45, 7) is 0.809. The molecule has 0 spiro atoms. The minimum Gasteiger partial charge on any atom is -0.497 e. The van der Waals surface area contributed by atoms with Gasteiger partial charge < -0.3 is 14.4 Å². The number of likely N-dealkylation sites (N-methyl/N-ethyl adjacent to an activating group) is 1. The molecule has 0 radical (unpaired) electrons. The van der Waals surface area contributed by atoms with Crippen LogP contribution in [-0.2, 0) is 18.2 Å². The molecular formula is C24H26N6O4. The number of hydrogen-bond donors (Lipinski definition) is 0. The van der Waals surface area contributed by atoms with Crippen LogP contribution in [-0.4, -0.2) is 75.2 Å². The highest BCUT2D eigenvalue weighted by molar-refractivity contribution is 6.07. The van der Waals surface area contributed by atoms with Crippen LogP contribution in [0.1, 0.15) is 26.5 Å². The minimum absolute atomic E-state index is 0.0133. The SMILES string of the molecule is COCCN(C)C(=O)c1cnn(C)c1C(=O)Cc1ccn2cc(-c3cccc(OC)c3)nc2n1. The summed E-state index contributed by atoms with van der Waals surface area (Å²) in [5.41, 5.74) is 2.70. The van der Waals surface area contributed by atoms with Gasteiger partial charge in [0.15, 0.2) is 5.78 Å². The normalized spacial score (nSPS) is 11.1. The first kappa shape index (κ1) is 23.1.